The molecule has 1 spiro atoms. The van der Waals surface area contributed by atoms with Crippen LogP contribution in [0.25, 0.3) is 0 Å². The molecule has 1 N–H and O–H groups in total. The lowest BCUT2D eigenvalue weighted by Crippen LogP contribution is -2.89. The standard InChI is InChI=1S/C43H51NO17/c1-22-16-17-30-29(15-12-18-44-30)39(51)55-20-40(7)31-32(56-24(3)46)36(58-26(5)48)42(21-54-23(2)45)37(59-27(6)49)33(53-19-28-13-10-9-11-14-28)35(60-38(22)50)41(8,52)43(42,61-40)34(31)57-25(4)47/h9-15,18,22,31-37,52H,16-17,19-21H2,1-8H3/t22?,31?,32-,33+,34-,35+,36-,37+,40+,41+,42-,43?/m1/s1. The highest BCUT2D eigenvalue weighted by molar-refractivity contribution is 5.90. The minimum atomic E-state index is -2.69. The van der Waals surface area contributed by atoms with Crippen molar-refractivity contribution in [2.24, 2.45) is 17.3 Å². The zero-order valence-electron chi connectivity index (χ0n) is 35.2. The Labute approximate surface area is 351 Å². The Kier molecular flexibility index (Phi) is 12.7. The van der Waals surface area contributed by atoms with Gasteiger partial charge in [-0.15, -0.1) is 0 Å². The molecular formula is C43H51NO17. The summed E-state index contributed by atoms with van der Waals surface area (Å²) in [6, 6.07) is 11.7. The number of benzene rings is 1. The van der Waals surface area contributed by atoms with E-state index in [1.807, 2.05) is 0 Å². The third-order valence-corrected chi connectivity index (χ3v) is 12.1. The molecule has 2 aliphatic heterocycles. The molecule has 12 atom stereocenters. The van der Waals surface area contributed by atoms with Crippen LogP contribution in [0.1, 0.15) is 83.4 Å². The molecule has 18 heteroatoms. The van der Waals surface area contributed by atoms with Crippen molar-refractivity contribution < 1.29 is 81.3 Å². The minimum Gasteiger partial charge on any atom is -0.465 e. The molecule has 18 nitrogen and oxygen atoms in total. The van der Waals surface area contributed by atoms with Crippen LogP contribution >= 0.6 is 0 Å². The van der Waals surface area contributed by atoms with Gasteiger partial charge in [0.05, 0.1) is 29.7 Å². The highest BCUT2D eigenvalue weighted by atomic mass is 16.7. The van der Waals surface area contributed by atoms with Gasteiger partial charge in [-0.3, -0.25) is 33.8 Å². The maximum absolute atomic E-state index is 14.4. The highest BCUT2D eigenvalue weighted by Gasteiger charge is 2.91. The number of esters is 7. The van der Waals surface area contributed by atoms with Crippen LogP contribution in [0, 0.1) is 17.3 Å². The van der Waals surface area contributed by atoms with Gasteiger partial charge in [-0.2, -0.15) is 0 Å². The van der Waals surface area contributed by atoms with Crippen molar-refractivity contribution in [2.45, 2.75) is 128 Å². The number of carbonyl (C=O) groups is 7. The first kappa shape index (κ1) is 45.1. The van der Waals surface area contributed by atoms with Crippen molar-refractivity contribution in [3.05, 3.63) is 65.5 Å². The summed E-state index contributed by atoms with van der Waals surface area (Å²) in [5.74, 6) is -8.91. The summed E-state index contributed by atoms with van der Waals surface area (Å²) in [5, 5.41) is 13.7. The monoisotopic (exact) mass is 853 g/mol. The summed E-state index contributed by atoms with van der Waals surface area (Å²) in [4.78, 5) is 99.2. The summed E-state index contributed by atoms with van der Waals surface area (Å²) in [6.45, 7) is 7.58. The van der Waals surface area contributed by atoms with Crippen LogP contribution in [-0.2, 0) is 84.4 Å². The summed E-state index contributed by atoms with van der Waals surface area (Å²) in [7, 11) is 0. The van der Waals surface area contributed by atoms with Gasteiger partial charge in [0.1, 0.15) is 54.2 Å². The number of hydrogen-bond acceptors (Lipinski definition) is 18. The number of fused-ring (bicyclic) bond motifs is 5. The molecule has 1 aromatic carbocycles. The van der Waals surface area contributed by atoms with Crippen molar-refractivity contribution in [1.82, 2.24) is 4.98 Å². The normalized spacial score (nSPS) is 35.5. The number of cyclic esters (lactones) is 1. The van der Waals surface area contributed by atoms with Crippen molar-refractivity contribution in [3.63, 3.8) is 0 Å². The number of aliphatic hydroxyl groups is 1. The number of rotatable bonds is 9. The van der Waals surface area contributed by atoms with Gasteiger partial charge in [-0.05, 0) is 44.4 Å². The van der Waals surface area contributed by atoms with Crippen LogP contribution in [-0.4, -0.2) is 119 Å². The number of aromatic nitrogens is 1. The Morgan fingerprint density at radius 1 is 0.803 bits per heavy atom. The topological polar surface area (TPSA) is 236 Å². The number of aryl methyl sites for hydroxylation is 1. The van der Waals surface area contributed by atoms with E-state index >= 15 is 0 Å². The van der Waals surface area contributed by atoms with E-state index in [9.17, 15) is 38.7 Å². The SMILES string of the molecule is CC(=O)OC[C@]12[C@H](OC(C)=O)[C@H](OC(C)=O)C3[C@@H](OC(C)=O)C14O[C@@]3(C)COC(=O)c1cccnc1CCC(C)C(=O)O[C@@H]([C@H](OCc1ccccc1)[C@@H]2OC(C)=O)[C@]4(C)O. The second kappa shape index (κ2) is 17.1. The molecule has 1 aromatic heterocycles. The van der Waals surface area contributed by atoms with Crippen LogP contribution in [0.5, 0.6) is 0 Å². The van der Waals surface area contributed by atoms with Crippen LogP contribution in [0.3, 0.4) is 0 Å². The number of hydrogen-bond donors (Lipinski definition) is 1. The average Bonchev–Trinajstić information content (AvgIpc) is 3.40. The van der Waals surface area contributed by atoms with Crippen LogP contribution in [0.15, 0.2) is 48.7 Å². The van der Waals surface area contributed by atoms with E-state index in [-0.39, 0.29) is 25.0 Å². The molecule has 3 fully saturated rings. The molecular weight excluding hydrogens is 802 g/mol. The number of ether oxygens (including phenoxy) is 9. The molecule has 2 saturated carbocycles. The van der Waals surface area contributed by atoms with Gasteiger partial charge in [0.15, 0.2) is 17.8 Å². The third kappa shape index (κ3) is 7.96. The van der Waals surface area contributed by atoms with E-state index in [1.54, 1.807) is 37.3 Å². The number of pyridine rings is 1. The lowest BCUT2D eigenvalue weighted by Gasteiger charge is -2.67. The van der Waals surface area contributed by atoms with Crippen molar-refractivity contribution in [2.75, 3.05) is 13.2 Å². The lowest BCUT2D eigenvalue weighted by molar-refractivity contribution is -0.390. The van der Waals surface area contributed by atoms with Gasteiger partial charge in [-0.1, -0.05) is 37.3 Å². The maximum Gasteiger partial charge on any atom is 0.340 e. The summed E-state index contributed by atoms with van der Waals surface area (Å²) < 4.78 is 56.3. The van der Waals surface area contributed by atoms with Gasteiger partial charge in [-0.25, -0.2) is 4.79 Å². The van der Waals surface area contributed by atoms with E-state index in [1.165, 1.54) is 32.2 Å². The molecule has 1 saturated heterocycles. The molecule has 61 heavy (non-hydrogen) atoms. The summed E-state index contributed by atoms with van der Waals surface area (Å²) >= 11 is 0. The molecule has 6 rings (SSSR count). The zero-order valence-corrected chi connectivity index (χ0v) is 35.2. The lowest BCUT2D eigenvalue weighted by atomic mass is 9.45. The molecule has 2 aliphatic carbocycles. The first-order valence-corrected chi connectivity index (χ1v) is 19.9. The molecule has 4 aliphatic rings. The number of carbonyl (C=O) groups excluding carboxylic acids is 7. The second-order valence-electron chi connectivity index (χ2n) is 16.4. The van der Waals surface area contributed by atoms with Crippen LogP contribution in [0.4, 0.5) is 0 Å². The Morgan fingerprint density at radius 3 is 2.02 bits per heavy atom. The van der Waals surface area contributed by atoms with E-state index in [0.29, 0.717) is 11.3 Å². The molecule has 0 radical (unpaired) electrons. The third-order valence-electron chi connectivity index (χ3n) is 12.1. The van der Waals surface area contributed by atoms with Crippen molar-refractivity contribution >= 4 is 41.8 Å². The fourth-order valence-electron chi connectivity index (χ4n) is 9.79. The number of nitrogens with zero attached hydrogens (tertiary/aromatic N) is 1. The minimum absolute atomic E-state index is 0.0609. The van der Waals surface area contributed by atoms with Gasteiger partial charge in [0, 0.05) is 40.8 Å². The van der Waals surface area contributed by atoms with Gasteiger partial charge in [0.2, 0.25) is 0 Å². The van der Waals surface area contributed by atoms with Gasteiger partial charge >= 0.3 is 41.8 Å². The first-order valence-electron chi connectivity index (χ1n) is 19.9. The Hall–Kier alpha value is -5.46. The smallest absolute Gasteiger partial charge is 0.340 e. The van der Waals surface area contributed by atoms with Crippen LogP contribution < -0.4 is 0 Å². The van der Waals surface area contributed by atoms with Crippen molar-refractivity contribution in [3.8, 4) is 0 Å². The Balaban J connectivity index is 1.76. The highest BCUT2D eigenvalue weighted by Crippen LogP contribution is 2.70. The molecule has 330 valence electrons. The predicted octanol–water partition coefficient (Wildman–Crippen LogP) is 2.52. The molecule has 3 unspecified atom stereocenters. The van der Waals surface area contributed by atoms with E-state index in [4.69, 9.17) is 42.6 Å². The van der Waals surface area contributed by atoms with E-state index in [2.05, 4.69) is 4.98 Å². The quantitative estimate of drug-likeness (QED) is 0.282. The Bertz CT molecular complexity index is 2060. The fraction of sp³-hybridized carbons (Fsp3) is 0.581. The van der Waals surface area contributed by atoms with E-state index < -0.39 is 126 Å². The van der Waals surface area contributed by atoms with Gasteiger partial charge < -0.3 is 47.7 Å². The largest absolute Gasteiger partial charge is 0.465 e. The van der Waals surface area contributed by atoms with E-state index in [0.717, 1.165) is 34.6 Å². The molecule has 4 bridgehead atoms. The summed E-state index contributed by atoms with van der Waals surface area (Å²) in [6.07, 6.45) is -9.33. The van der Waals surface area contributed by atoms with Gasteiger partial charge in [0.25, 0.3) is 0 Å². The zero-order chi connectivity index (χ0) is 44.7. The Morgan fingerprint density at radius 2 is 1.41 bits per heavy atom. The van der Waals surface area contributed by atoms with Crippen LogP contribution in [0.2, 0.25) is 0 Å². The average molecular weight is 854 g/mol. The van der Waals surface area contributed by atoms with Crippen molar-refractivity contribution in [1.29, 1.82) is 0 Å². The molecule has 2 aromatic rings. The molecule has 3 heterocycles. The maximum atomic E-state index is 14.4. The first-order chi connectivity index (χ1) is 28.7. The summed E-state index contributed by atoms with van der Waals surface area (Å²) in [5.41, 5.74) is -8.87. The fourth-order valence-corrected chi connectivity index (χ4v) is 9.79. The second-order valence-corrected chi connectivity index (χ2v) is 16.4. The molecule has 0 amide bonds. The predicted molar refractivity (Wildman–Crippen MR) is 205 cm³/mol.